The Balaban J connectivity index is 2.05. The number of fused-ring (bicyclic) bond motifs is 2. The van der Waals surface area contributed by atoms with E-state index in [0.29, 0.717) is 12.8 Å². The highest BCUT2D eigenvalue weighted by Gasteiger charge is 2.41. The molecule has 2 unspecified atom stereocenters. The van der Waals surface area contributed by atoms with E-state index in [0.717, 1.165) is 25.9 Å². The third-order valence-electron chi connectivity index (χ3n) is 4.02. The predicted molar refractivity (Wildman–Crippen MR) is 62.0 cm³/mol. The number of morpholine rings is 1. The SMILES string of the molecule is CCC(N)(CC)C(=O)N1CC2CCC(C1)O2. The lowest BCUT2D eigenvalue weighted by Crippen LogP contribution is -2.58. The average Bonchev–Trinajstić information content (AvgIpc) is 2.66. The first-order chi connectivity index (χ1) is 7.59. The zero-order chi connectivity index (χ0) is 11.8. The maximum Gasteiger partial charge on any atom is 0.242 e. The Morgan fingerprint density at radius 2 is 1.81 bits per heavy atom. The van der Waals surface area contributed by atoms with E-state index in [2.05, 4.69) is 0 Å². The van der Waals surface area contributed by atoms with Crippen LogP contribution in [0, 0.1) is 0 Å². The summed E-state index contributed by atoms with van der Waals surface area (Å²) in [5, 5.41) is 0. The highest BCUT2D eigenvalue weighted by atomic mass is 16.5. The van der Waals surface area contributed by atoms with Crippen LogP contribution in [0.1, 0.15) is 39.5 Å². The van der Waals surface area contributed by atoms with Gasteiger partial charge in [-0.3, -0.25) is 4.79 Å². The third kappa shape index (κ3) is 1.96. The molecule has 2 rings (SSSR count). The van der Waals surface area contributed by atoms with Gasteiger partial charge in [0.05, 0.1) is 17.7 Å². The number of nitrogens with two attached hydrogens (primary N) is 1. The summed E-state index contributed by atoms with van der Waals surface area (Å²) in [5.41, 5.74) is 5.48. The number of nitrogens with zero attached hydrogens (tertiary/aromatic N) is 1. The standard InChI is InChI=1S/C12H22N2O2/c1-3-12(13,4-2)11(15)14-7-9-5-6-10(8-14)16-9/h9-10H,3-8,13H2,1-2H3. The number of likely N-dealkylation sites (tertiary alicyclic amines) is 1. The Kier molecular flexibility index (Phi) is 3.22. The quantitative estimate of drug-likeness (QED) is 0.777. The number of carbonyl (C=O) groups is 1. The minimum Gasteiger partial charge on any atom is -0.371 e. The van der Waals surface area contributed by atoms with Gasteiger partial charge in [-0.15, -0.1) is 0 Å². The molecule has 0 aromatic heterocycles. The summed E-state index contributed by atoms with van der Waals surface area (Å²) in [7, 11) is 0. The molecule has 0 aromatic carbocycles. The minimum atomic E-state index is -0.670. The monoisotopic (exact) mass is 226 g/mol. The molecule has 2 atom stereocenters. The lowest BCUT2D eigenvalue weighted by Gasteiger charge is -2.38. The van der Waals surface area contributed by atoms with Crippen molar-refractivity contribution in [3.8, 4) is 0 Å². The van der Waals surface area contributed by atoms with Crippen LogP contribution in [0.25, 0.3) is 0 Å². The molecular weight excluding hydrogens is 204 g/mol. The number of hydrogen-bond acceptors (Lipinski definition) is 3. The van der Waals surface area contributed by atoms with Crippen LogP contribution in [0.4, 0.5) is 0 Å². The topological polar surface area (TPSA) is 55.6 Å². The molecule has 92 valence electrons. The number of carbonyl (C=O) groups excluding carboxylic acids is 1. The van der Waals surface area contributed by atoms with Crippen molar-refractivity contribution in [1.29, 1.82) is 0 Å². The van der Waals surface area contributed by atoms with Gasteiger partial charge in [0, 0.05) is 13.1 Å². The van der Waals surface area contributed by atoms with E-state index in [9.17, 15) is 4.79 Å². The molecule has 2 saturated heterocycles. The first-order valence-electron chi connectivity index (χ1n) is 6.32. The van der Waals surface area contributed by atoms with E-state index in [4.69, 9.17) is 10.5 Å². The Morgan fingerprint density at radius 3 is 2.25 bits per heavy atom. The largest absolute Gasteiger partial charge is 0.371 e. The molecule has 16 heavy (non-hydrogen) atoms. The van der Waals surface area contributed by atoms with Crippen molar-refractivity contribution in [2.45, 2.75) is 57.3 Å². The van der Waals surface area contributed by atoms with Crippen LogP contribution < -0.4 is 5.73 Å². The van der Waals surface area contributed by atoms with Gasteiger partial charge in [-0.25, -0.2) is 0 Å². The normalized spacial score (nSPS) is 29.6. The number of hydrogen-bond donors (Lipinski definition) is 1. The molecule has 0 saturated carbocycles. The van der Waals surface area contributed by atoms with Crippen LogP contribution in [0.2, 0.25) is 0 Å². The smallest absolute Gasteiger partial charge is 0.242 e. The van der Waals surface area contributed by atoms with Gasteiger partial charge >= 0.3 is 0 Å². The molecule has 0 radical (unpaired) electrons. The van der Waals surface area contributed by atoms with Gasteiger partial charge in [-0.1, -0.05) is 13.8 Å². The van der Waals surface area contributed by atoms with Crippen LogP contribution in [-0.4, -0.2) is 41.6 Å². The molecule has 2 fully saturated rings. The van der Waals surface area contributed by atoms with E-state index in [1.807, 2.05) is 18.7 Å². The molecule has 0 spiro atoms. The molecule has 2 bridgehead atoms. The van der Waals surface area contributed by atoms with Crippen molar-refractivity contribution in [3.05, 3.63) is 0 Å². The second kappa shape index (κ2) is 4.34. The zero-order valence-corrected chi connectivity index (χ0v) is 10.2. The van der Waals surface area contributed by atoms with Crippen molar-refractivity contribution in [1.82, 2.24) is 4.90 Å². The van der Waals surface area contributed by atoms with Gasteiger partial charge < -0.3 is 15.4 Å². The Hall–Kier alpha value is -0.610. The van der Waals surface area contributed by atoms with E-state index >= 15 is 0 Å². The highest BCUT2D eigenvalue weighted by Crippen LogP contribution is 2.28. The molecule has 2 N–H and O–H groups in total. The predicted octanol–water partition coefficient (Wildman–Crippen LogP) is 0.894. The van der Waals surface area contributed by atoms with Crippen molar-refractivity contribution in [2.24, 2.45) is 5.73 Å². The Labute approximate surface area is 97.1 Å². The fourth-order valence-electron chi connectivity index (χ4n) is 2.65. The third-order valence-corrected chi connectivity index (χ3v) is 4.02. The molecule has 0 aromatic rings. The summed E-state index contributed by atoms with van der Waals surface area (Å²) in [5.74, 6) is 0.109. The fourth-order valence-corrected chi connectivity index (χ4v) is 2.65. The maximum absolute atomic E-state index is 12.3. The summed E-state index contributed by atoms with van der Waals surface area (Å²) in [6, 6.07) is 0. The van der Waals surface area contributed by atoms with E-state index < -0.39 is 5.54 Å². The molecule has 4 nitrogen and oxygen atoms in total. The van der Waals surface area contributed by atoms with Crippen LogP contribution in [-0.2, 0) is 9.53 Å². The van der Waals surface area contributed by atoms with Gasteiger partial charge in [0.1, 0.15) is 0 Å². The average molecular weight is 226 g/mol. The molecular formula is C12H22N2O2. The summed E-state index contributed by atoms with van der Waals surface area (Å²) in [4.78, 5) is 14.3. The van der Waals surface area contributed by atoms with Crippen LogP contribution in [0.3, 0.4) is 0 Å². The molecule has 0 aliphatic carbocycles. The first kappa shape index (κ1) is 11.9. The van der Waals surface area contributed by atoms with Crippen LogP contribution >= 0.6 is 0 Å². The highest BCUT2D eigenvalue weighted by molar-refractivity contribution is 5.86. The van der Waals surface area contributed by atoms with Gasteiger partial charge in [0.2, 0.25) is 5.91 Å². The zero-order valence-electron chi connectivity index (χ0n) is 10.2. The molecule has 4 heteroatoms. The first-order valence-corrected chi connectivity index (χ1v) is 6.32. The number of rotatable bonds is 3. The molecule has 2 aliphatic heterocycles. The molecule has 2 aliphatic rings. The number of ether oxygens (including phenoxy) is 1. The molecule has 2 heterocycles. The van der Waals surface area contributed by atoms with Crippen molar-refractivity contribution >= 4 is 5.91 Å². The number of amides is 1. The lowest BCUT2D eigenvalue weighted by atomic mass is 9.92. The van der Waals surface area contributed by atoms with Crippen molar-refractivity contribution in [2.75, 3.05) is 13.1 Å². The Bertz CT molecular complexity index is 264. The van der Waals surface area contributed by atoms with E-state index in [1.165, 1.54) is 0 Å². The second-order valence-corrected chi connectivity index (χ2v) is 5.03. The van der Waals surface area contributed by atoms with Gasteiger partial charge in [-0.2, -0.15) is 0 Å². The second-order valence-electron chi connectivity index (χ2n) is 5.03. The van der Waals surface area contributed by atoms with Gasteiger partial charge in [0.25, 0.3) is 0 Å². The lowest BCUT2D eigenvalue weighted by molar-refractivity contribution is -0.146. The summed E-state index contributed by atoms with van der Waals surface area (Å²) < 4.78 is 5.72. The minimum absolute atomic E-state index is 0.109. The fraction of sp³-hybridized carbons (Fsp3) is 0.917. The van der Waals surface area contributed by atoms with Crippen molar-refractivity contribution in [3.63, 3.8) is 0 Å². The van der Waals surface area contributed by atoms with Gasteiger partial charge in [-0.05, 0) is 25.7 Å². The van der Waals surface area contributed by atoms with Crippen LogP contribution in [0.5, 0.6) is 0 Å². The summed E-state index contributed by atoms with van der Waals surface area (Å²) in [6.45, 7) is 5.43. The van der Waals surface area contributed by atoms with Crippen molar-refractivity contribution < 1.29 is 9.53 Å². The summed E-state index contributed by atoms with van der Waals surface area (Å²) in [6.07, 6.45) is 4.08. The Morgan fingerprint density at radius 1 is 1.31 bits per heavy atom. The van der Waals surface area contributed by atoms with E-state index in [1.54, 1.807) is 0 Å². The van der Waals surface area contributed by atoms with E-state index in [-0.39, 0.29) is 18.1 Å². The molecule has 1 amide bonds. The van der Waals surface area contributed by atoms with Gasteiger partial charge in [0.15, 0.2) is 0 Å². The maximum atomic E-state index is 12.3. The summed E-state index contributed by atoms with van der Waals surface area (Å²) >= 11 is 0. The van der Waals surface area contributed by atoms with Crippen LogP contribution in [0.15, 0.2) is 0 Å².